The zero-order chi connectivity index (χ0) is 32.9. The van der Waals surface area contributed by atoms with Crippen molar-refractivity contribution in [2.24, 2.45) is 15.2 Å². The largest absolute Gasteiger partial charge is 0.494 e. The molecule has 0 unspecified atom stereocenters. The molecule has 4 aromatic rings. The molecule has 1 amide bonds. The molecule has 0 aromatic heterocycles. The third kappa shape index (κ3) is 7.89. The van der Waals surface area contributed by atoms with Crippen LogP contribution in [0.5, 0.6) is 5.75 Å². The summed E-state index contributed by atoms with van der Waals surface area (Å²) < 4.78 is 12.3. The molecule has 1 heterocycles. The smallest absolute Gasteiger partial charge is 0.252 e. The summed E-state index contributed by atoms with van der Waals surface area (Å²) in [5, 5.41) is 19.9. The predicted molar refractivity (Wildman–Crippen MR) is 178 cm³/mol. The fourth-order valence-electron chi connectivity index (χ4n) is 5.51. The number of carbonyl (C=O) groups is 1. The van der Waals surface area contributed by atoms with Gasteiger partial charge in [-0.25, -0.2) is 4.99 Å². The normalized spacial score (nSPS) is 16.6. The van der Waals surface area contributed by atoms with Crippen molar-refractivity contribution in [3.63, 3.8) is 0 Å². The number of ether oxygens (including phenoxy) is 2. The summed E-state index contributed by atoms with van der Waals surface area (Å²) in [5.74, 6) is 0.480. The molecular weight excluding hydrogens is 596 g/mol. The number of aliphatic hydroxyl groups excluding tert-OH is 1. The van der Waals surface area contributed by atoms with Crippen LogP contribution in [0.4, 0.5) is 5.69 Å². The summed E-state index contributed by atoms with van der Waals surface area (Å²) in [6.07, 6.45) is 0.226. The van der Waals surface area contributed by atoms with Crippen LogP contribution in [-0.4, -0.2) is 42.2 Å². The maximum Gasteiger partial charge on any atom is 0.252 e. The molecule has 1 aliphatic heterocycles. The second-order valence-electron chi connectivity index (χ2n) is 10.9. The minimum Gasteiger partial charge on any atom is -0.494 e. The maximum atomic E-state index is 14.6. The van der Waals surface area contributed by atoms with Gasteiger partial charge in [0.2, 0.25) is 5.90 Å². The Morgan fingerprint density at radius 1 is 0.936 bits per heavy atom. The van der Waals surface area contributed by atoms with Gasteiger partial charge in [-0.05, 0) is 58.4 Å². The Bertz CT molecular complexity index is 1800. The minimum atomic E-state index is -1.55. The molecule has 0 aliphatic carbocycles. The van der Waals surface area contributed by atoms with E-state index in [1.807, 2.05) is 54.6 Å². The zero-order valence-corrected chi connectivity index (χ0v) is 25.6. The van der Waals surface area contributed by atoms with E-state index < -0.39 is 11.6 Å². The number of azide groups is 2. The first kappa shape index (κ1) is 32.6. The number of nitrogens with zero attached hydrogens (tertiary/aromatic N) is 7. The molecule has 1 aliphatic rings. The van der Waals surface area contributed by atoms with Gasteiger partial charge in [0.1, 0.15) is 5.75 Å². The highest BCUT2D eigenvalue weighted by Crippen LogP contribution is 2.45. The topological polar surface area (TPSA) is 178 Å². The van der Waals surface area contributed by atoms with Crippen LogP contribution in [0.3, 0.4) is 0 Å². The number of rotatable bonds is 15. The number of hydrogen-bond donors (Lipinski definition) is 2. The fourth-order valence-corrected chi connectivity index (χ4v) is 5.51. The standard InChI is InChI=1S/C35H34N8O4/c36-42-39-24-28-12-5-4-11-27(28)23-35(34(45)38-20-19-25-9-2-1-3-10-25)32(30-13-6-7-14-31(30)41-43-37)47-33(40-35)26-15-17-29(18-16-26)46-22-8-21-44/h1-7,9-18,32,44H,8,19-24H2,(H,38,45)/t32-,35-/m1/s1. The lowest BCUT2D eigenvalue weighted by Gasteiger charge is -2.32. The Labute approximate surface area is 272 Å². The summed E-state index contributed by atoms with van der Waals surface area (Å²) in [6, 6.07) is 31.4. The Morgan fingerprint density at radius 3 is 2.40 bits per heavy atom. The van der Waals surface area contributed by atoms with Gasteiger partial charge in [-0.1, -0.05) is 89.1 Å². The van der Waals surface area contributed by atoms with E-state index in [4.69, 9.17) is 25.1 Å². The van der Waals surface area contributed by atoms with E-state index in [2.05, 4.69) is 25.4 Å². The molecule has 0 radical (unpaired) electrons. The van der Waals surface area contributed by atoms with Crippen LogP contribution in [-0.2, 0) is 28.9 Å². The van der Waals surface area contributed by atoms with Crippen molar-refractivity contribution in [1.82, 2.24) is 5.32 Å². The molecule has 12 heteroatoms. The first-order chi connectivity index (χ1) is 23.1. The van der Waals surface area contributed by atoms with E-state index in [1.165, 1.54) is 0 Å². The van der Waals surface area contributed by atoms with Crippen molar-refractivity contribution < 1.29 is 19.4 Å². The second-order valence-corrected chi connectivity index (χ2v) is 10.9. The van der Waals surface area contributed by atoms with Crippen LogP contribution in [0.2, 0.25) is 0 Å². The van der Waals surface area contributed by atoms with Gasteiger partial charge in [-0.3, -0.25) is 4.79 Å². The van der Waals surface area contributed by atoms with Crippen molar-refractivity contribution >= 4 is 17.5 Å². The van der Waals surface area contributed by atoms with Gasteiger partial charge < -0.3 is 19.9 Å². The molecule has 47 heavy (non-hydrogen) atoms. The average molecular weight is 631 g/mol. The van der Waals surface area contributed by atoms with Gasteiger partial charge in [0.05, 0.1) is 13.2 Å². The predicted octanol–water partition coefficient (Wildman–Crippen LogP) is 7.06. The van der Waals surface area contributed by atoms with Crippen LogP contribution in [0.15, 0.2) is 118 Å². The number of amides is 1. The van der Waals surface area contributed by atoms with E-state index in [9.17, 15) is 10.3 Å². The number of aliphatic hydroxyl groups is 1. The Kier molecular flexibility index (Phi) is 11.1. The van der Waals surface area contributed by atoms with E-state index >= 15 is 0 Å². The lowest BCUT2D eigenvalue weighted by Crippen LogP contribution is -2.50. The number of hydrogen-bond acceptors (Lipinski definition) is 7. The summed E-state index contributed by atoms with van der Waals surface area (Å²) in [6.45, 7) is 0.837. The lowest BCUT2D eigenvalue weighted by molar-refractivity contribution is -0.128. The first-order valence-corrected chi connectivity index (χ1v) is 15.2. The Balaban J connectivity index is 1.61. The summed E-state index contributed by atoms with van der Waals surface area (Å²) in [5.41, 5.74) is 20.9. The molecular formula is C35H34N8O4. The highest BCUT2D eigenvalue weighted by atomic mass is 16.5. The second kappa shape index (κ2) is 16.0. The highest BCUT2D eigenvalue weighted by Gasteiger charge is 2.54. The molecule has 4 aromatic carbocycles. The number of nitrogens with one attached hydrogen (secondary N) is 1. The van der Waals surface area contributed by atoms with E-state index in [-0.39, 0.29) is 31.4 Å². The third-order valence-electron chi connectivity index (χ3n) is 7.83. The van der Waals surface area contributed by atoms with Gasteiger partial charge in [0, 0.05) is 52.6 Å². The molecule has 0 fully saturated rings. The molecule has 238 valence electrons. The zero-order valence-electron chi connectivity index (χ0n) is 25.6. The monoisotopic (exact) mass is 630 g/mol. The number of carbonyl (C=O) groups excluding carboxylic acids is 1. The molecule has 0 saturated carbocycles. The molecule has 5 rings (SSSR count). The molecule has 0 bridgehead atoms. The van der Waals surface area contributed by atoms with Crippen LogP contribution < -0.4 is 10.1 Å². The van der Waals surface area contributed by atoms with Gasteiger partial charge >= 0.3 is 0 Å². The summed E-state index contributed by atoms with van der Waals surface area (Å²) in [4.78, 5) is 25.6. The minimum absolute atomic E-state index is 0.0307. The van der Waals surface area contributed by atoms with Gasteiger partial charge in [-0.15, -0.1) is 0 Å². The van der Waals surface area contributed by atoms with Crippen LogP contribution in [0, 0.1) is 0 Å². The maximum absolute atomic E-state index is 14.6. The van der Waals surface area contributed by atoms with Gasteiger partial charge in [0.15, 0.2) is 11.6 Å². The van der Waals surface area contributed by atoms with E-state index in [0.29, 0.717) is 48.6 Å². The molecule has 0 spiro atoms. The average Bonchev–Trinajstić information content (AvgIpc) is 3.49. The van der Waals surface area contributed by atoms with Crippen molar-refractivity contribution in [2.45, 2.75) is 37.5 Å². The van der Waals surface area contributed by atoms with Crippen LogP contribution >= 0.6 is 0 Å². The van der Waals surface area contributed by atoms with Crippen molar-refractivity contribution in [2.75, 3.05) is 19.8 Å². The quantitative estimate of drug-likeness (QED) is 0.0618. The van der Waals surface area contributed by atoms with Crippen LogP contribution in [0.25, 0.3) is 20.9 Å². The highest BCUT2D eigenvalue weighted by molar-refractivity contribution is 6.01. The van der Waals surface area contributed by atoms with Crippen molar-refractivity contribution in [1.29, 1.82) is 0 Å². The summed E-state index contributed by atoms with van der Waals surface area (Å²) >= 11 is 0. The number of aliphatic imine (C=N–C) groups is 1. The Morgan fingerprint density at radius 2 is 1.66 bits per heavy atom. The van der Waals surface area contributed by atoms with Crippen molar-refractivity contribution in [3.05, 3.63) is 152 Å². The van der Waals surface area contributed by atoms with E-state index in [1.54, 1.807) is 48.5 Å². The first-order valence-electron chi connectivity index (χ1n) is 15.2. The molecule has 2 atom stereocenters. The molecule has 0 saturated heterocycles. The molecule has 2 N–H and O–H groups in total. The van der Waals surface area contributed by atoms with E-state index in [0.717, 1.165) is 16.7 Å². The van der Waals surface area contributed by atoms with Crippen molar-refractivity contribution in [3.8, 4) is 5.75 Å². The summed E-state index contributed by atoms with van der Waals surface area (Å²) in [7, 11) is 0. The fraction of sp³-hybridized carbons (Fsp3) is 0.257. The molecule has 12 nitrogen and oxygen atoms in total. The van der Waals surface area contributed by atoms with Gasteiger partial charge in [-0.2, -0.15) is 0 Å². The SMILES string of the molecule is [N-]=[N+]=NCc1ccccc1C[C@@]1(C(=O)NCCc2ccccc2)N=C(c2ccc(OCCCO)cc2)O[C@@H]1c1ccccc1N=[N+]=[N-]. The third-order valence-corrected chi connectivity index (χ3v) is 7.83. The lowest BCUT2D eigenvalue weighted by atomic mass is 9.80. The van der Waals surface area contributed by atoms with Gasteiger partial charge in [0.25, 0.3) is 5.91 Å². The Hall–Kier alpha value is -5.80. The van der Waals surface area contributed by atoms with Crippen LogP contribution in [0.1, 0.15) is 40.3 Å². The number of benzene rings is 4.